The van der Waals surface area contributed by atoms with Crippen molar-refractivity contribution in [1.82, 2.24) is 9.38 Å². The Morgan fingerprint density at radius 1 is 1.33 bits per heavy atom. The number of nitrogens with zero attached hydrogens (tertiary/aromatic N) is 2. The van der Waals surface area contributed by atoms with Crippen LogP contribution in [0.15, 0.2) is 36.8 Å². The summed E-state index contributed by atoms with van der Waals surface area (Å²) in [5, 5.41) is 2.28. The van der Waals surface area contributed by atoms with E-state index in [-0.39, 0.29) is 21.1 Å². The van der Waals surface area contributed by atoms with Crippen LogP contribution >= 0.6 is 0 Å². The number of aryl methyl sites for hydroxylation is 1. The minimum atomic E-state index is 0. The Labute approximate surface area is 102 Å². The number of pyridine rings is 1. The number of benzene rings is 1. The average Bonchev–Trinajstić information content (AvgIpc) is 2.65. The van der Waals surface area contributed by atoms with Crippen molar-refractivity contribution in [3.05, 3.63) is 48.4 Å². The quantitative estimate of drug-likeness (QED) is 0.552. The monoisotopic (exact) mass is 376 g/mol. The molecule has 15 heavy (non-hydrogen) atoms. The van der Waals surface area contributed by atoms with Crippen LogP contribution < -0.4 is 0 Å². The maximum atomic E-state index is 4.31. The maximum absolute atomic E-state index is 4.31. The molecule has 0 spiro atoms. The fourth-order valence-corrected chi connectivity index (χ4v) is 1.74. The maximum Gasteiger partial charge on any atom is 0.0603 e. The molecule has 0 atom stereocenters. The molecule has 0 bridgehead atoms. The minimum Gasteiger partial charge on any atom is -0.347 e. The van der Waals surface area contributed by atoms with Crippen LogP contribution in [0.4, 0.5) is 0 Å². The van der Waals surface area contributed by atoms with Gasteiger partial charge < -0.3 is 4.40 Å². The van der Waals surface area contributed by atoms with E-state index in [0.29, 0.717) is 0 Å². The van der Waals surface area contributed by atoms with Crippen LogP contribution in [0.2, 0.25) is 0 Å². The van der Waals surface area contributed by atoms with E-state index in [4.69, 9.17) is 0 Å². The molecule has 2 heterocycles. The molecular formula is C12H9N2Pt-. The third kappa shape index (κ3) is 1.59. The number of hydrogen-bond acceptors (Lipinski definition) is 1. The molecule has 0 aliphatic carbocycles. The van der Waals surface area contributed by atoms with Crippen LogP contribution in [0.5, 0.6) is 0 Å². The summed E-state index contributed by atoms with van der Waals surface area (Å²) in [6, 6.07) is 9.51. The largest absolute Gasteiger partial charge is 0.347 e. The van der Waals surface area contributed by atoms with Gasteiger partial charge in [-0.05, 0) is 6.20 Å². The Morgan fingerprint density at radius 2 is 2.20 bits per heavy atom. The van der Waals surface area contributed by atoms with Crippen molar-refractivity contribution in [2.75, 3.05) is 0 Å². The first-order valence-corrected chi connectivity index (χ1v) is 4.58. The number of hydrogen-bond donors (Lipinski definition) is 0. The van der Waals surface area contributed by atoms with Gasteiger partial charge in [0.15, 0.2) is 0 Å². The Hall–Kier alpha value is -1.14. The molecule has 0 N–H and O–H groups in total. The van der Waals surface area contributed by atoms with Gasteiger partial charge in [0.25, 0.3) is 0 Å². The van der Waals surface area contributed by atoms with Crippen LogP contribution in [0.25, 0.3) is 16.4 Å². The van der Waals surface area contributed by atoms with Crippen molar-refractivity contribution in [2.24, 2.45) is 0 Å². The molecule has 1 aromatic carbocycles. The Morgan fingerprint density at radius 3 is 3.07 bits per heavy atom. The van der Waals surface area contributed by atoms with Crippen LogP contribution in [0.3, 0.4) is 0 Å². The van der Waals surface area contributed by atoms with Gasteiger partial charge >= 0.3 is 0 Å². The van der Waals surface area contributed by atoms with Gasteiger partial charge in [0.05, 0.1) is 5.65 Å². The molecule has 0 aliphatic rings. The van der Waals surface area contributed by atoms with Crippen molar-refractivity contribution >= 4 is 16.4 Å². The zero-order valence-corrected chi connectivity index (χ0v) is 10.4. The van der Waals surface area contributed by atoms with Crippen LogP contribution in [-0.4, -0.2) is 9.38 Å². The van der Waals surface area contributed by atoms with E-state index in [0.717, 1.165) is 11.0 Å². The van der Waals surface area contributed by atoms with E-state index in [2.05, 4.69) is 30.1 Å². The first kappa shape index (κ1) is 10.4. The molecular weight excluding hydrogens is 367 g/mol. The topological polar surface area (TPSA) is 17.3 Å². The van der Waals surface area contributed by atoms with E-state index in [9.17, 15) is 0 Å². The SMILES string of the molecule is Cc1c[c-]c2c(ccn3ccnc23)c1.[Pt]. The van der Waals surface area contributed by atoms with Crippen LogP contribution in [-0.2, 0) is 21.1 Å². The van der Waals surface area contributed by atoms with E-state index < -0.39 is 0 Å². The predicted octanol–water partition coefficient (Wildman–Crippen LogP) is 2.59. The normalized spacial score (nSPS) is 10.5. The first-order chi connectivity index (χ1) is 6.84. The second-order valence-electron chi connectivity index (χ2n) is 3.48. The summed E-state index contributed by atoms with van der Waals surface area (Å²) in [6.07, 6.45) is 5.78. The second-order valence-corrected chi connectivity index (χ2v) is 3.48. The molecule has 0 radical (unpaired) electrons. The summed E-state index contributed by atoms with van der Waals surface area (Å²) < 4.78 is 2.01. The molecule has 2 aromatic heterocycles. The molecule has 0 fully saturated rings. The average molecular weight is 376 g/mol. The Kier molecular flexibility index (Phi) is 2.62. The van der Waals surface area contributed by atoms with Crippen molar-refractivity contribution in [2.45, 2.75) is 6.92 Å². The molecule has 3 aromatic rings. The smallest absolute Gasteiger partial charge is 0.0603 e. The van der Waals surface area contributed by atoms with Gasteiger partial charge in [-0.25, -0.2) is 0 Å². The number of rotatable bonds is 0. The van der Waals surface area contributed by atoms with Crippen LogP contribution in [0.1, 0.15) is 5.56 Å². The summed E-state index contributed by atoms with van der Waals surface area (Å²) in [5.74, 6) is 0. The number of fused-ring (bicyclic) bond motifs is 3. The van der Waals surface area contributed by atoms with Gasteiger partial charge in [0, 0.05) is 33.5 Å². The molecule has 2 nitrogen and oxygen atoms in total. The molecule has 0 aliphatic heterocycles. The summed E-state index contributed by atoms with van der Waals surface area (Å²) >= 11 is 0. The third-order valence-electron chi connectivity index (χ3n) is 2.42. The third-order valence-corrected chi connectivity index (χ3v) is 2.42. The predicted molar refractivity (Wildman–Crippen MR) is 56.3 cm³/mol. The molecule has 0 saturated carbocycles. The van der Waals surface area contributed by atoms with E-state index in [1.54, 1.807) is 0 Å². The van der Waals surface area contributed by atoms with Gasteiger partial charge in [-0.2, -0.15) is 0 Å². The van der Waals surface area contributed by atoms with Gasteiger partial charge in [-0.15, -0.1) is 34.5 Å². The first-order valence-electron chi connectivity index (χ1n) is 4.58. The van der Waals surface area contributed by atoms with Crippen molar-refractivity contribution < 1.29 is 21.1 Å². The van der Waals surface area contributed by atoms with Gasteiger partial charge in [-0.1, -0.05) is 13.0 Å². The number of aromatic nitrogens is 2. The Bertz CT molecular complexity index is 613. The van der Waals surface area contributed by atoms with E-state index in [1.807, 2.05) is 29.1 Å². The van der Waals surface area contributed by atoms with E-state index >= 15 is 0 Å². The fraction of sp³-hybridized carbons (Fsp3) is 0.0833. The summed E-state index contributed by atoms with van der Waals surface area (Å²) in [4.78, 5) is 4.31. The minimum absolute atomic E-state index is 0. The summed E-state index contributed by atoms with van der Waals surface area (Å²) in [6.45, 7) is 2.08. The van der Waals surface area contributed by atoms with E-state index in [1.165, 1.54) is 10.9 Å². The summed E-state index contributed by atoms with van der Waals surface area (Å²) in [5.41, 5.74) is 2.20. The fourth-order valence-electron chi connectivity index (χ4n) is 1.74. The van der Waals surface area contributed by atoms with Gasteiger partial charge in [-0.3, -0.25) is 4.98 Å². The van der Waals surface area contributed by atoms with Crippen LogP contribution in [0, 0.1) is 13.0 Å². The standard InChI is InChI=1S/C12H9N2.Pt/c1-9-2-3-11-10(8-9)4-6-14-7-5-13-12(11)14;/h2,4-8H,1H3;/q-1;. The van der Waals surface area contributed by atoms with Gasteiger partial charge in [0.2, 0.25) is 0 Å². The van der Waals surface area contributed by atoms with Gasteiger partial charge in [0.1, 0.15) is 0 Å². The molecule has 3 heteroatoms. The zero-order chi connectivity index (χ0) is 9.54. The van der Waals surface area contributed by atoms with Crippen molar-refractivity contribution in [1.29, 1.82) is 0 Å². The molecule has 0 saturated heterocycles. The van der Waals surface area contributed by atoms with Crippen molar-refractivity contribution in [3.63, 3.8) is 0 Å². The molecule has 0 unspecified atom stereocenters. The molecule has 3 rings (SSSR count). The summed E-state index contributed by atoms with van der Waals surface area (Å²) in [7, 11) is 0. The molecule has 0 amide bonds. The molecule has 78 valence electrons. The number of imidazole rings is 1. The Balaban J connectivity index is 0.000000853. The van der Waals surface area contributed by atoms with Crippen molar-refractivity contribution in [3.8, 4) is 0 Å². The zero-order valence-electron chi connectivity index (χ0n) is 8.17. The second kappa shape index (κ2) is 3.78.